The summed E-state index contributed by atoms with van der Waals surface area (Å²) in [7, 11) is -1.79. The molecule has 3 heterocycles. The second kappa shape index (κ2) is 5.43. The summed E-state index contributed by atoms with van der Waals surface area (Å²) in [6.45, 7) is 0. The fourth-order valence-corrected chi connectivity index (χ4v) is 4.17. The summed E-state index contributed by atoms with van der Waals surface area (Å²) in [6, 6.07) is 10.7. The molecule has 0 saturated heterocycles. The van der Waals surface area contributed by atoms with Crippen molar-refractivity contribution in [3.63, 3.8) is 0 Å². The van der Waals surface area contributed by atoms with Crippen LogP contribution in [0.1, 0.15) is 11.3 Å². The molecule has 0 radical (unpaired) electrons. The third kappa shape index (κ3) is 2.55. The summed E-state index contributed by atoms with van der Waals surface area (Å²) in [6.07, 6.45) is 1.62. The van der Waals surface area contributed by atoms with E-state index in [1.54, 1.807) is 36.5 Å². The lowest BCUT2D eigenvalue weighted by Gasteiger charge is -2.10. The van der Waals surface area contributed by atoms with Gasteiger partial charge in [-0.15, -0.1) is 0 Å². The maximum Gasteiger partial charge on any atom is 0.237 e. The molecule has 0 fully saturated rings. The normalized spacial score (nSPS) is 14.6. The van der Waals surface area contributed by atoms with Gasteiger partial charge in [0.05, 0.1) is 29.5 Å². The van der Waals surface area contributed by atoms with Gasteiger partial charge in [-0.1, -0.05) is 6.07 Å². The number of aromatic nitrogens is 2. The molecule has 0 spiro atoms. The Hall–Kier alpha value is -3.18. The highest BCUT2D eigenvalue weighted by molar-refractivity contribution is 7.92. The first-order chi connectivity index (χ1) is 12.0. The van der Waals surface area contributed by atoms with Crippen molar-refractivity contribution in [1.29, 1.82) is 5.26 Å². The minimum absolute atomic E-state index is 0.0609. The SMILES string of the molecule is COc1ncc(-c2ccc3c(c2)CS(=O)(=O)N3)c2nc(C#N)ccc12. The number of pyridine rings is 2. The van der Waals surface area contributed by atoms with Gasteiger partial charge < -0.3 is 4.74 Å². The number of anilines is 1. The molecule has 1 N–H and O–H groups in total. The number of rotatable bonds is 2. The Balaban J connectivity index is 1.95. The zero-order chi connectivity index (χ0) is 17.6. The highest BCUT2D eigenvalue weighted by Gasteiger charge is 2.24. The molecular formula is C17H12N4O3S. The van der Waals surface area contributed by atoms with Gasteiger partial charge in [0.15, 0.2) is 0 Å². The van der Waals surface area contributed by atoms with Gasteiger partial charge in [0, 0.05) is 11.8 Å². The van der Waals surface area contributed by atoms with Crippen LogP contribution >= 0.6 is 0 Å². The van der Waals surface area contributed by atoms with E-state index in [1.807, 2.05) is 6.07 Å². The number of nitrogens with zero attached hydrogens (tertiary/aromatic N) is 3. The molecule has 0 bridgehead atoms. The minimum atomic E-state index is -3.31. The number of hydrogen-bond donors (Lipinski definition) is 1. The molecule has 2 aromatic heterocycles. The fourth-order valence-electron chi connectivity index (χ4n) is 2.92. The van der Waals surface area contributed by atoms with Crippen molar-refractivity contribution >= 4 is 26.6 Å². The van der Waals surface area contributed by atoms with E-state index in [9.17, 15) is 8.42 Å². The molecule has 1 aromatic carbocycles. The van der Waals surface area contributed by atoms with Gasteiger partial charge in [0.1, 0.15) is 11.8 Å². The summed E-state index contributed by atoms with van der Waals surface area (Å²) >= 11 is 0. The third-order valence-electron chi connectivity index (χ3n) is 4.03. The van der Waals surface area contributed by atoms with Gasteiger partial charge in [-0.3, -0.25) is 4.72 Å². The zero-order valence-electron chi connectivity index (χ0n) is 13.1. The van der Waals surface area contributed by atoms with Crippen LogP contribution in [0.5, 0.6) is 5.88 Å². The number of nitriles is 1. The Morgan fingerprint density at radius 2 is 2.12 bits per heavy atom. The lowest BCUT2D eigenvalue weighted by atomic mass is 10.0. The average Bonchev–Trinajstić information content (AvgIpc) is 2.93. The molecule has 4 rings (SSSR count). The van der Waals surface area contributed by atoms with Crippen LogP contribution in [-0.2, 0) is 15.8 Å². The first-order valence-corrected chi connectivity index (χ1v) is 9.03. The van der Waals surface area contributed by atoms with Crippen LogP contribution in [0, 0.1) is 11.3 Å². The Kier molecular flexibility index (Phi) is 3.33. The number of benzene rings is 1. The van der Waals surface area contributed by atoms with E-state index in [0.29, 0.717) is 33.6 Å². The summed E-state index contributed by atoms with van der Waals surface area (Å²) in [5, 5.41) is 9.82. The van der Waals surface area contributed by atoms with E-state index in [-0.39, 0.29) is 11.4 Å². The molecule has 0 saturated carbocycles. The van der Waals surface area contributed by atoms with Crippen LogP contribution in [-0.4, -0.2) is 25.5 Å². The van der Waals surface area contributed by atoms with E-state index in [2.05, 4.69) is 14.7 Å². The summed E-state index contributed by atoms with van der Waals surface area (Å²) < 4.78 is 31.2. The van der Waals surface area contributed by atoms with Gasteiger partial charge in [0.2, 0.25) is 15.9 Å². The standard InChI is InChI=1S/C17H12N4O3S/c1-24-17-13-4-3-12(7-18)20-16(13)14(8-19-17)10-2-5-15-11(6-10)9-25(22,23)21-15/h2-6,8,21H,9H2,1H3. The minimum Gasteiger partial charge on any atom is -0.481 e. The predicted octanol–water partition coefficient (Wildman–Crippen LogP) is 2.43. The molecule has 1 aliphatic rings. The van der Waals surface area contributed by atoms with E-state index in [1.165, 1.54) is 7.11 Å². The van der Waals surface area contributed by atoms with Crippen LogP contribution in [0.4, 0.5) is 5.69 Å². The van der Waals surface area contributed by atoms with Gasteiger partial charge >= 0.3 is 0 Å². The Morgan fingerprint density at radius 3 is 2.88 bits per heavy atom. The molecule has 7 nitrogen and oxygen atoms in total. The van der Waals surface area contributed by atoms with E-state index in [4.69, 9.17) is 10.00 Å². The molecule has 124 valence electrons. The number of methoxy groups -OCH3 is 1. The average molecular weight is 352 g/mol. The topological polar surface area (TPSA) is 105 Å². The molecule has 25 heavy (non-hydrogen) atoms. The molecule has 0 aliphatic carbocycles. The molecule has 0 unspecified atom stereocenters. The Labute approximate surface area is 144 Å². The molecular weight excluding hydrogens is 340 g/mol. The lowest BCUT2D eigenvalue weighted by molar-refractivity contribution is 0.403. The van der Waals surface area contributed by atoms with Crippen LogP contribution in [0.15, 0.2) is 36.5 Å². The highest BCUT2D eigenvalue weighted by atomic mass is 32.2. The number of ether oxygens (including phenoxy) is 1. The van der Waals surface area contributed by atoms with Gasteiger partial charge in [0.25, 0.3) is 0 Å². The number of nitrogens with one attached hydrogen (secondary N) is 1. The van der Waals surface area contributed by atoms with Crippen LogP contribution in [0.3, 0.4) is 0 Å². The Morgan fingerprint density at radius 1 is 1.28 bits per heavy atom. The Bertz CT molecular complexity index is 1170. The quantitative estimate of drug-likeness (QED) is 0.759. The van der Waals surface area contributed by atoms with Crippen LogP contribution in [0.2, 0.25) is 0 Å². The zero-order valence-corrected chi connectivity index (χ0v) is 14.0. The second-order valence-corrected chi connectivity index (χ2v) is 7.34. The summed E-state index contributed by atoms with van der Waals surface area (Å²) in [4.78, 5) is 8.69. The first kappa shape index (κ1) is 15.4. The van der Waals surface area contributed by atoms with E-state index in [0.717, 1.165) is 5.56 Å². The van der Waals surface area contributed by atoms with E-state index < -0.39 is 10.0 Å². The van der Waals surface area contributed by atoms with Gasteiger partial charge in [-0.05, 0) is 35.4 Å². The third-order valence-corrected chi connectivity index (χ3v) is 5.25. The maximum absolute atomic E-state index is 11.7. The summed E-state index contributed by atoms with van der Waals surface area (Å²) in [5.74, 6) is 0.357. The molecule has 0 atom stereocenters. The molecule has 8 heteroatoms. The predicted molar refractivity (Wildman–Crippen MR) is 92.5 cm³/mol. The number of hydrogen-bond acceptors (Lipinski definition) is 6. The molecule has 3 aromatic rings. The number of sulfonamides is 1. The van der Waals surface area contributed by atoms with Crippen molar-refractivity contribution < 1.29 is 13.2 Å². The molecule has 1 aliphatic heterocycles. The largest absolute Gasteiger partial charge is 0.481 e. The van der Waals surface area contributed by atoms with Crippen molar-refractivity contribution in [2.24, 2.45) is 0 Å². The van der Waals surface area contributed by atoms with E-state index >= 15 is 0 Å². The van der Waals surface area contributed by atoms with Crippen molar-refractivity contribution in [3.8, 4) is 23.1 Å². The lowest BCUT2D eigenvalue weighted by Crippen LogP contribution is -2.05. The molecule has 0 amide bonds. The monoisotopic (exact) mass is 352 g/mol. The second-order valence-electron chi connectivity index (χ2n) is 5.62. The van der Waals surface area contributed by atoms with Crippen molar-refractivity contribution in [2.75, 3.05) is 11.8 Å². The van der Waals surface area contributed by atoms with Gasteiger partial charge in [-0.25, -0.2) is 18.4 Å². The fraction of sp³-hybridized carbons (Fsp3) is 0.118. The summed E-state index contributed by atoms with van der Waals surface area (Å²) in [5.41, 5.74) is 3.63. The smallest absolute Gasteiger partial charge is 0.237 e. The number of fused-ring (bicyclic) bond motifs is 2. The maximum atomic E-state index is 11.7. The van der Waals surface area contributed by atoms with Gasteiger partial charge in [-0.2, -0.15) is 5.26 Å². The van der Waals surface area contributed by atoms with Crippen molar-refractivity contribution in [2.45, 2.75) is 5.75 Å². The highest BCUT2D eigenvalue weighted by Crippen LogP contribution is 2.35. The van der Waals surface area contributed by atoms with Crippen molar-refractivity contribution in [1.82, 2.24) is 9.97 Å². The van der Waals surface area contributed by atoms with Crippen LogP contribution in [0.25, 0.3) is 22.0 Å². The van der Waals surface area contributed by atoms with Crippen molar-refractivity contribution in [3.05, 3.63) is 47.8 Å². The van der Waals surface area contributed by atoms with Crippen LogP contribution < -0.4 is 9.46 Å². The first-order valence-electron chi connectivity index (χ1n) is 7.38.